The SMILES string of the molecule is C[Si](C)(C)OC[C@H]1OC(=O)[C@H](O[Si](C)(C)C)C[C@@H]1O[Si](C)(C)C. The monoisotopic (exact) mass is 378 g/mol. The van der Waals surface area contributed by atoms with Crippen LogP contribution in [-0.2, 0) is 22.8 Å². The highest BCUT2D eigenvalue weighted by Crippen LogP contribution is 2.27. The standard InChI is InChI=1S/C15H34O5Si3/c1-21(2,3)17-11-14-12(19-22(4,5)6)10-13(15(16)18-14)20-23(7,8)9/h12-14H,10-11H2,1-9H3/t12-,13+,14+/m0/s1. The number of carbonyl (C=O) groups excluding carboxylic acids is 1. The molecule has 1 fully saturated rings. The summed E-state index contributed by atoms with van der Waals surface area (Å²) in [6, 6.07) is 0. The van der Waals surface area contributed by atoms with Gasteiger partial charge in [0.15, 0.2) is 25.0 Å². The average molecular weight is 379 g/mol. The summed E-state index contributed by atoms with van der Waals surface area (Å²) in [5.41, 5.74) is 0. The average Bonchev–Trinajstić information content (AvgIpc) is 2.26. The van der Waals surface area contributed by atoms with Crippen LogP contribution in [0, 0.1) is 0 Å². The molecule has 1 saturated heterocycles. The van der Waals surface area contributed by atoms with E-state index in [0.29, 0.717) is 13.0 Å². The minimum Gasteiger partial charge on any atom is -0.455 e. The summed E-state index contributed by atoms with van der Waals surface area (Å²) in [5, 5.41) is 0. The molecule has 3 atom stereocenters. The Labute approximate surface area is 144 Å². The minimum atomic E-state index is -1.81. The van der Waals surface area contributed by atoms with Crippen molar-refractivity contribution in [2.24, 2.45) is 0 Å². The lowest BCUT2D eigenvalue weighted by molar-refractivity contribution is -0.179. The largest absolute Gasteiger partial charge is 0.455 e. The van der Waals surface area contributed by atoms with Gasteiger partial charge in [0.1, 0.15) is 12.2 Å². The molecule has 136 valence electrons. The first-order chi connectivity index (χ1) is 10.2. The Morgan fingerprint density at radius 3 is 1.87 bits per heavy atom. The third-order valence-corrected chi connectivity index (χ3v) is 6.11. The third-order valence-electron chi connectivity index (χ3n) is 3.07. The fourth-order valence-corrected chi connectivity index (χ4v) is 5.20. The van der Waals surface area contributed by atoms with Crippen molar-refractivity contribution in [3.63, 3.8) is 0 Å². The zero-order chi connectivity index (χ0) is 18.1. The molecule has 0 aromatic heterocycles. The molecular weight excluding hydrogens is 344 g/mol. The molecule has 0 aliphatic carbocycles. The molecule has 1 aliphatic rings. The molecule has 5 nitrogen and oxygen atoms in total. The topological polar surface area (TPSA) is 54.0 Å². The van der Waals surface area contributed by atoms with Crippen LogP contribution in [0.15, 0.2) is 0 Å². The Bertz CT molecular complexity index is 409. The van der Waals surface area contributed by atoms with E-state index in [1.54, 1.807) is 0 Å². The molecule has 23 heavy (non-hydrogen) atoms. The second-order valence-corrected chi connectivity index (χ2v) is 22.6. The van der Waals surface area contributed by atoms with Crippen LogP contribution >= 0.6 is 0 Å². The molecule has 0 spiro atoms. The molecule has 8 heteroatoms. The van der Waals surface area contributed by atoms with Crippen LogP contribution in [0.4, 0.5) is 0 Å². The van der Waals surface area contributed by atoms with Crippen LogP contribution in [0.2, 0.25) is 58.9 Å². The normalized spacial score (nSPS) is 27.0. The molecule has 0 bridgehead atoms. The fourth-order valence-electron chi connectivity index (χ4n) is 2.33. The molecule has 0 aromatic carbocycles. The zero-order valence-corrected chi connectivity index (χ0v) is 19.2. The molecule has 1 heterocycles. The van der Waals surface area contributed by atoms with Crippen molar-refractivity contribution in [3.8, 4) is 0 Å². The van der Waals surface area contributed by atoms with Crippen molar-refractivity contribution in [3.05, 3.63) is 0 Å². The van der Waals surface area contributed by atoms with Gasteiger partial charge in [0.05, 0.1) is 12.7 Å². The fraction of sp³-hybridized carbons (Fsp3) is 0.933. The van der Waals surface area contributed by atoms with Gasteiger partial charge in [0, 0.05) is 6.42 Å². The van der Waals surface area contributed by atoms with Crippen LogP contribution in [-0.4, -0.2) is 55.8 Å². The van der Waals surface area contributed by atoms with Gasteiger partial charge < -0.3 is 18.0 Å². The number of esters is 1. The summed E-state index contributed by atoms with van der Waals surface area (Å²) in [5.74, 6) is -0.271. The zero-order valence-electron chi connectivity index (χ0n) is 16.2. The summed E-state index contributed by atoms with van der Waals surface area (Å²) in [4.78, 5) is 12.3. The first kappa shape index (κ1) is 21.0. The smallest absolute Gasteiger partial charge is 0.334 e. The Balaban J connectivity index is 2.82. The van der Waals surface area contributed by atoms with E-state index >= 15 is 0 Å². The molecule has 0 amide bonds. The van der Waals surface area contributed by atoms with E-state index in [9.17, 15) is 4.79 Å². The highest BCUT2D eigenvalue weighted by atomic mass is 28.4. The first-order valence-electron chi connectivity index (χ1n) is 8.36. The van der Waals surface area contributed by atoms with Crippen molar-refractivity contribution in [2.45, 2.75) is 83.7 Å². The maximum Gasteiger partial charge on any atom is 0.334 e. The molecule has 0 radical (unpaired) electrons. The maximum atomic E-state index is 12.3. The number of ether oxygens (including phenoxy) is 1. The van der Waals surface area contributed by atoms with Crippen molar-refractivity contribution in [1.29, 1.82) is 0 Å². The van der Waals surface area contributed by atoms with Crippen molar-refractivity contribution < 1.29 is 22.8 Å². The van der Waals surface area contributed by atoms with Gasteiger partial charge in [-0.05, 0) is 58.9 Å². The maximum absolute atomic E-state index is 12.3. The van der Waals surface area contributed by atoms with E-state index in [1.165, 1.54) is 0 Å². The summed E-state index contributed by atoms with van der Waals surface area (Å²) in [6.45, 7) is 19.5. The van der Waals surface area contributed by atoms with Gasteiger partial charge in [-0.3, -0.25) is 0 Å². The van der Waals surface area contributed by atoms with E-state index in [4.69, 9.17) is 18.0 Å². The van der Waals surface area contributed by atoms with E-state index < -0.39 is 31.1 Å². The molecule has 0 unspecified atom stereocenters. The van der Waals surface area contributed by atoms with Gasteiger partial charge in [0.25, 0.3) is 0 Å². The summed E-state index contributed by atoms with van der Waals surface area (Å²) < 4.78 is 23.9. The van der Waals surface area contributed by atoms with Gasteiger partial charge >= 0.3 is 5.97 Å². The molecule has 0 N–H and O–H groups in total. The Morgan fingerprint density at radius 2 is 1.43 bits per heavy atom. The molecule has 1 aliphatic heterocycles. The first-order valence-corrected chi connectivity index (χ1v) is 18.6. The number of hydrogen-bond acceptors (Lipinski definition) is 5. The van der Waals surface area contributed by atoms with Gasteiger partial charge in [-0.1, -0.05) is 0 Å². The van der Waals surface area contributed by atoms with Crippen molar-refractivity contribution in [2.75, 3.05) is 6.61 Å². The van der Waals surface area contributed by atoms with E-state index in [1.807, 2.05) is 0 Å². The van der Waals surface area contributed by atoms with Crippen molar-refractivity contribution in [1.82, 2.24) is 0 Å². The number of carbonyl (C=O) groups is 1. The number of rotatable bonds is 7. The van der Waals surface area contributed by atoms with Crippen LogP contribution in [0.3, 0.4) is 0 Å². The minimum absolute atomic E-state index is 0.142. The number of hydrogen-bond donors (Lipinski definition) is 0. The van der Waals surface area contributed by atoms with Gasteiger partial charge in [-0.25, -0.2) is 4.79 Å². The third kappa shape index (κ3) is 8.59. The second-order valence-electron chi connectivity index (χ2n) is 9.12. The lowest BCUT2D eigenvalue weighted by Gasteiger charge is -2.40. The summed E-state index contributed by atoms with van der Waals surface area (Å²) in [6.07, 6.45) is -0.418. The van der Waals surface area contributed by atoms with E-state index in [0.717, 1.165) is 0 Å². The van der Waals surface area contributed by atoms with Gasteiger partial charge in [0.2, 0.25) is 0 Å². The number of cyclic esters (lactones) is 1. The Morgan fingerprint density at radius 1 is 0.913 bits per heavy atom. The Hall–Kier alpha value is 0.000649. The van der Waals surface area contributed by atoms with E-state index in [-0.39, 0.29) is 18.2 Å². The predicted molar refractivity (Wildman–Crippen MR) is 100 cm³/mol. The molecule has 0 saturated carbocycles. The van der Waals surface area contributed by atoms with Gasteiger partial charge in [-0.2, -0.15) is 0 Å². The van der Waals surface area contributed by atoms with Crippen LogP contribution in [0.1, 0.15) is 6.42 Å². The quantitative estimate of drug-likeness (QED) is 0.500. The lowest BCUT2D eigenvalue weighted by atomic mass is 10.0. The highest BCUT2D eigenvalue weighted by molar-refractivity contribution is 6.70. The molecule has 1 rings (SSSR count). The van der Waals surface area contributed by atoms with Crippen LogP contribution in [0.25, 0.3) is 0 Å². The summed E-state index contributed by atoms with van der Waals surface area (Å²) >= 11 is 0. The Kier molecular flexibility index (Phi) is 6.85. The summed E-state index contributed by atoms with van der Waals surface area (Å²) in [7, 11) is -5.23. The van der Waals surface area contributed by atoms with Crippen molar-refractivity contribution >= 4 is 30.9 Å². The van der Waals surface area contributed by atoms with Crippen LogP contribution < -0.4 is 0 Å². The molecule has 0 aromatic rings. The second kappa shape index (κ2) is 7.49. The van der Waals surface area contributed by atoms with E-state index in [2.05, 4.69) is 58.9 Å². The van der Waals surface area contributed by atoms with Crippen LogP contribution in [0.5, 0.6) is 0 Å². The predicted octanol–water partition coefficient (Wildman–Crippen LogP) is 3.59. The lowest BCUT2D eigenvalue weighted by Crippen LogP contribution is -2.54. The molecular formula is C15H34O5Si3. The highest BCUT2D eigenvalue weighted by Gasteiger charge is 2.42. The van der Waals surface area contributed by atoms with Gasteiger partial charge in [-0.15, -0.1) is 0 Å².